The van der Waals surface area contributed by atoms with Crippen molar-refractivity contribution in [3.05, 3.63) is 0 Å². The number of rotatable bonds is 3. The first kappa shape index (κ1) is 9.41. The predicted molar refractivity (Wildman–Crippen MR) is 32.6 cm³/mol. The summed E-state index contributed by atoms with van der Waals surface area (Å²) in [4.78, 5) is 0. The van der Waals surface area contributed by atoms with Crippen LogP contribution in [0.5, 0.6) is 0 Å². The van der Waals surface area contributed by atoms with Gasteiger partial charge in [-0.25, -0.2) is 0 Å². The van der Waals surface area contributed by atoms with Gasteiger partial charge in [-0.15, -0.1) is 0 Å². The van der Waals surface area contributed by atoms with Crippen molar-refractivity contribution in [2.45, 2.75) is 6.92 Å². The van der Waals surface area contributed by atoms with Gasteiger partial charge in [-0.2, -0.15) is 17.1 Å². The normalized spacial score (nSPS) is 13.9. The van der Waals surface area contributed by atoms with Crippen LogP contribution < -0.4 is 0 Å². The van der Waals surface area contributed by atoms with Crippen molar-refractivity contribution >= 4 is 16.9 Å². The molecule has 9 heavy (non-hydrogen) atoms. The molecule has 0 aromatic carbocycles. The van der Waals surface area contributed by atoms with Crippen molar-refractivity contribution in [3.8, 4) is 0 Å². The van der Waals surface area contributed by atoms with E-state index in [0.717, 1.165) is 0 Å². The summed E-state index contributed by atoms with van der Waals surface area (Å²) in [7, 11) is -6.50. The molecule has 0 saturated heterocycles. The van der Waals surface area contributed by atoms with Crippen LogP contribution in [-0.2, 0) is 4.52 Å². The second-order valence-electron chi connectivity index (χ2n) is 0.984. The molecule has 0 saturated carbocycles. The van der Waals surface area contributed by atoms with E-state index in [1.54, 1.807) is 0 Å². The minimum atomic E-state index is -3.80. The van der Waals surface area contributed by atoms with E-state index in [9.17, 15) is 12.6 Å². The molecule has 0 fully saturated rings. The Balaban J connectivity index is 3.49. The van der Waals surface area contributed by atoms with Crippen LogP contribution in [0.4, 0.5) is 12.6 Å². The molecule has 2 nitrogen and oxygen atoms in total. The summed E-state index contributed by atoms with van der Waals surface area (Å²) >= 11 is 0. The Morgan fingerprint density at radius 1 is 1.67 bits per heavy atom. The van der Waals surface area contributed by atoms with Crippen LogP contribution in [0, 0.1) is 0 Å². The van der Waals surface area contributed by atoms with E-state index in [1.165, 1.54) is 6.92 Å². The number of halogens is 3. The fourth-order valence-corrected chi connectivity index (χ4v) is 1.11. The van der Waals surface area contributed by atoms with Crippen molar-refractivity contribution in [1.82, 2.24) is 0 Å². The highest BCUT2D eigenvalue weighted by atomic mass is 31.2. The van der Waals surface area contributed by atoms with Gasteiger partial charge in [0, 0.05) is 0 Å². The Hall–Kier alpha value is 0.410. The van der Waals surface area contributed by atoms with E-state index in [0.29, 0.717) is 0 Å². The molecular formula is C2H6F3NOP2. The Labute approximate surface area is 53.1 Å². The maximum Gasteiger partial charge on any atom is 0.355 e. The second kappa shape index (κ2) is 5.21. The summed E-state index contributed by atoms with van der Waals surface area (Å²) in [6, 6.07) is 0. The molecule has 0 aliphatic carbocycles. The first-order valence-corrected chi connectivity index (χ1v) is 4.46. The minimum absolute atomic E-state index is 0.0842. The van der Waals surface area contributed by atoms with Gasteiger partial charge < -0.3 is 4.52 Å². The van der Waals surface area contributed by atoms with Crippen molar-refractivity contribution < 1.29 is 17.1 Å². The van der Waals surface area contributed by atoms with Gasteiger partial charge in [0.25, 0.3) is 8.33 Å². The van der Waals surface area contributed by atoms with Crippen LogP contribution in [0.25, 0.3) is 0 Å². The SMILES string of the molecule is CCOP(F)N=[PH](F)F. The Kier molecular flexibility index (Phi) is 5.45. The lowest BCUT2D eigenvalue weighted by atomic mass is 10.9. The average Bonchev–Trinajstić information content (AvgIpc) is 1.63. The molecule has 0 bridgehead atoms. The first-order valence-electron chi connectivity index (χ1n) is 2.15. The highest BCUT2D eigenvalue weighted by molar-refractivity contribution is 7.53. The van der Waals surface area contributed by atoms with Gasteiger partial charge in [-0.1, -0.05) is 0 Å². The largest absolute Gasteiger partial charge is 0.355 e. The predicted octanol–water partition coefficient (Wildman–Crippen LogP) is 3.39. The van der Waals surface area contributed by atoms with E-state index in [2.05, 4.69) is 9.04 Å². The van der Waals surface area contributed by atoms with Crippen molar-refractivity contribution in [3.63, 3.8) is 0 Å². The molecule has 0 amide bonds. The van der Waals surface area contributed by atoms with Gasteiger partial charge in [-0.3, -0.25) is 0 Å². The maximum absolute atomic E-state index is 11.9. The van der Waals surface area contributed by atoms with Crippen molar-refractivity contribution in [1.29, 1.82) is 0 Å². The third kappa shape index (κ3) is 6.29. The molecule has 0 rings (SSSR count). The third-order valence-corrected chi connectivity index (χ3v) is 2.09. The van der Waals surface area contributed by atoms with Crippen LogP contribution in [-0.4, -0.2) is 6.61 Å². The average molecular weight is 179 g/mol. The number of nitrogens with zero attached hydrogens (tertiary/aromatic N) is 1. The molecule has 1 unspecified atom stereocenters. The summed E-state index contributed by atoms with van der Waals surface area (Å²) in [5.74, 6) is 0. The maximum atomic E-state index is 11.9. The van der Waals surface area contributed by atoms with E-state index in [4.69, 9.17) is 0 Å². The smallest absolute Gasteiger partial charge is 0.313 e. The summed E-state index contributed by atoms with van der Waals surface area (Å²) in [5.41, 5.74) is 0. The molecule has 0 aliphatic rings. The molecule has 0 aromatic heterocycles. The van der Waals surface area contributed by atoms with Crippen LogP contribution >= 0.6 is 16.9 Å². The molecule has 1 atom stereocenters. The summed E-state index contributed by atoms with van der Waals surface area (Å²) in [6.07, 6.45) is 0. The Morgan fingerprint density at radius 3 is 2.56 bits per heavy atom. The first-order chi connectivity index (χ1) is 4.16. The lowest BCUT2D eigenvalue weighted by Gasteiger charge is -1.96. The van der Waals surface area contributed by atoms with E-state index >= 15 is 0 Å². The topological polar surface area (TPSA) is 21.6 Å². The molecule has 0 N–H and O–H groups in total. The zero-order valence-corrected chi connectivity index (χ0v) is 6.54. The summed E-state index contributed by atoms with van der Waals surface area (Å²) < 4.78 is 40.9. The van der Waals surface area contributed by atoms with Gasteiger partial charge in [0.05, 0.1) is 6.61 Å². The fraction of sp³-hybridized carbons (Fsp3) is 1.00. The molecule has 0 aromatic rings. The summed E-state index contributed by atoms with van der Waals surface area (Å²) in [5, 5.41) is 0. The van der Waals surface area contributed by atoms with Crippen molar-refractivity contribution in [2.24, 2.45) is 4.52 Å². The van der Waals surface area contributed by atoms with E-state index in [-0.39, 0.29) is 6.61 Å². The highest BCUT2D eigenvalue weighted by Crippen LogP contribution is 2.48. The monoisotopic (exact) mass is 179 g/mol. The molecule has 56 valence electrons. The standard InChI is InChI=1S/C2H6F3NOP2/c1-2-7-9(5)6-8(3)4/h8H,2H2,1H3. The molecule has 0 heterocycles. The Bertz CT molecular complexity index is 106. The molecule has 0 spiro atoms. The van der Waals surface area contributed by atoms with E-state index in [1.807, 2.05) is 0 Å². The van der Waals surface area contributed by atoms with Crippen LogP contribution in [0.2, 0.25) is 0 Å². The molecule has 0 radical (unpaired) electrons. The van der Waals surface area contributed by atoms with Crippen molar-refractivity contribution in [2.75, 3.05) is 6.61 Å². The lowest BCUT2D eigenvalue weighted by molar-refractivity contribution is 0.356. The number of hydrogen-bond acceptors (Lipinski definition) is 2. The van der Waals surface area contributed by atoms with Gasteiger partial charge >= 0.3 is 8.61 Å². The van der Waals surface area contributed by atoms with Gasteiger partial charge in [0.1, 0.15) is 0 Å². The zero-order valence-electron chi connectivity index (χ0n) is 4.64. The number of hydrogen-bond donors (Lipinski definition) is 0. The van der Waals surface area contributed by atoms with Crippen LogP contribution in [0.15, 0.2) is 4.52 Å². The zero-order chi connectivity index (χ0) is 7.28. The van der Waals surface area contributed by atoms with Gasteiger partial charge in [-0.05, 0) is 6.92 Å². The summed E-state index contributed by atoms with van der Waals surface area (Å²) in [6.45, 7) is 1.61. The molecular weight excluding hydrogens is 173 g/mol. The molecule has 7 heteroatoms. The lowest BCUT2D eigenvalue weighted by Crippen LogP contribution is -1.73. The van der Waals surface area contributed by atoms with Crippen LogP contribution in [0.3, 0.4) is 0 Å². The molecule has 0 aliphatic heterocycles. The quantitative estimate of drug-likeness (QED) is 0.608. The third-order valence-electron chi connectivity index (χ3n) is 0.390. The van der Waals surface area contributed by atoms with Crippen LogP contribution in [0.1, 0.15) is 6.92 Å². The fourth-order valence-electron chi connectivity index (χ4n) is 0.195. The van der Waals surface area contributed by atoms with E-state index < -0.39 is 16.9 Å². The second-order valence-corrected chi connectivity index (χ2v) is 2.98. The highest BCUT2D eigenvalue weighted by Gasteiger charge is 2.04. The minimum Gasteiger partial charge on any atom is -0.313 e. The Morgan fingerprint density at radius 2 is 2.22 bits per heavy atom. The van der Waals surface area contributed by atoms with Gasteiger partial charge in [0.2, 0.25) is 0 Å². The van der Waals surface area contributed by atoms with Gasteiger partial charge in [0.15, 0.2) is 0 Å².